The second kappa shape index (κ2) is 9.74. The average molecular weight is 418 g/mol. The second-order valence-corrected chi connectivity index (χ2v) is 13.4. The van der Waals surface area contributed by atoms with Crippen LogP contribution in [0.15, 0.2) is 91.0 Å². The van der Waals surface area contributed by atoms with Crippen LogP contribution in [0, 0.1) is 0 Å². The number of nitrogens with one attached hydrogen (secondary N) is 1. The lowest BCUT2D eigenvalue weighted by Crippen LogP contribution is -2.68. The predicted octanol–water partition coefficient (Wildman–Crippen LogP) is 5.13. The molecule has 2 unspecified atom stereocenters. The molecule has 0 heterocycles. The van der Waals surface area contributed by atoms with Crippen LogP contribution in [0.5, 0.6) is 0 Å². The van der Waals surface area contributed by atoms with Gasteiger partial charge in [-0.2, -0.15) is 0 Å². The maximum atomic E-state index is 7.20. The maximum Gasteiger partial charge on any atom is 0.261 e. The van der Waals surface area contributed by atoms with Crippen LogP contribution in [0.1, 0.15) is 40.2 Å². The van der Waals surface area contributed by atoms with Gasteiger partial charge >= 0.3 is 0 Å². The molecule has 2 nitrogen and oxygen atoms in total. The molecule has 0 fully saturated rings. The van der Waals surface area contributed by atoms with E-state index < -0.39 is 8.32 Å². The third kappa shape index (κ3) is 4.92. The zero-order chi connectivity index (χ0) is 21.6. The van der Waals surface area contributed by atoms with Crippen molar-refractivity contribution in [1.82, 2.24) is 5.32 Å². The third-order valence-electron chi connectivity index (χ3n) is 5.95. The zero-order valence-electron chi connectivity index (χ0n) is 18.9. The molecule has 0 aliphatic rings. The van der Waals surface area contributed by atoms with Crippen molar-refractivity contribution in [3.05, 3.63) is 96.6 Å². The fourth-order valence-electron chi connectivity index (χ4n) is 4.11. The maximum absolute atomic E-state index is 7.20. The van der Waals surface area contributed by atoms with E-state index in [4.69, 9.17) is 4.43 Å². The Morgan fingerprint density at radius 3 is 1.60 bits per heavy atom. The van der Waals surface area contributed by atoms with Crippen molar-refractivity contribution in [2.24, 2.45) is 0 Å². The highest BCUT2D eigenvalue weighted by Gasteiger charge is 2.51. The van der Waals surface area contributed by atoms with Gasteiger partial charge in [0.2, 0.25) is 0 Å². The van der Waals surface area contributed by atoms with Crippen molar-refractivity contribution in [2.75, 3.05) is 0 Å². The molecule has 3 heteroatoms. The van der Waals surface area contributed by atoms with Crippen LogP contribution in [-0.4, -0.2) is 20.5 Å². The number of benzene rings is 3. The Morgan fingerprint density at radius 1 is 0.733 bits per heavy atom. The van der Waals surface area contributed by atoms with Crippen LogP contribution in [0.2, 0.25) is 5.04 Å². The molecule has 0 aliphatic carbocycles. The molecule has 0 saturated heterocycles. The van der Waals surface area contributed by atoms with E-state index in [0.717, 1.165) is 6.54 Å². The van der Waals surface area contributed by atoms with E-state index in [0.29, 0.717) is 0 Å². The van der Waals surface area contributed by atoms with E-state index in [2.05, 4.69) is 131 Å². The van der Waals surface area contributed by atoms with E-state index in [1.54, 1.807) is 0 Å². The smallest absolute Gasteiger partial charge is 0.261 e. The van der Waals surface area contributed by atoms with Crippen molar-refractivity contribution >= 4 is 18.7 Å². The fraction of sp³-hybridized carbons (Fsp3) is 0.333. The van der Waals surface area contributed by atoms with Crippen molar-refractivity contribution in [3.8, 4) is 0 Å². The SMILES string of the molecule is CC(NCc1ccccc1)C(C)O[Si](c1ccccc1)(c1ccccc1)C(C)(C)C. The van der Waals surface area contributed by atoms with Gasteiger partial charge in [0.15, 0.2) is 0 Å². The first kappa shape index (κ1) is 22.5. The van der Waals surface area contributed by atoms with Crippen molar-refractivity contribution in [3.63, 3.8) is 0 Å². The monoisotopic (exact) mass is 417 g/mol. The van der Waals surface area contributed by atoms with Gasteiger partial charge in [-0.25, -0.2) is 0 Å². The molecule has 30 heavy (non-hydrogen) atoms. The third-order valence-corrected chi connectivity index (χ3v) is 11.1. The molecule has 0 saturated carbocycles. The molecule has 0 bridgehead atoms. The van der Waals surface area contributed by atoms with Crippen molar-refractivity contribution < 1.29 is 4.43 Å². The molecule has 3 rings (SSSR count). The van der Waals surface area contributed by atoms with E-state index in [9.17, 15) is 0 Å². The molecule has 0 aromatic heterocycles. The minimum absolute atomic E-state index is 0.0108. The minimum Gasteiger partial charge on any atom is -0.403 e. The molecule has 158 valence electrons. The second-order valence-electron chi connectivity index (χ2n) is 9.14. The van der Waals surface area contributed by atoms with Gasteiger partial charge in [-0.3, -0.25) is 0 Å². The highest BCUT2D eigenvalue weighted by molar-refractivity contribution is 6.99. The van der Waals surface area contributed by atoms with Crippen LogP contribution in [-0.2, 0) is 11.0 Å². The molecule has 1 N–H and O–H groups in total. The van der Waals surface area contributed by atoms with Gasteiger partial charge < -0.3 is 9.74 Å². The molecular formula is C27H35NOSi. The Balaban J connectivity index is 1.92. The molecule has 0 spiro atoms. The van der Waals surface area contributed by atoms with Crippen LogP contribution in [0.3, 0.4) is 0 Å². The lowest BCUT2D eigenvalue weighted by Gasteiger charge is -2.45. The Labute approximate surface area is 183 Å². The summed E-state index contributed by atoms with van der Waals surface area (Å²) in [5.74, 6) is 0. The van der Waals surface area contributed by atoms with Crippen LogP contribution in [0.25, 0.3) is 0 Å². The highest BCUT2D eigenvalue weighted by Crippen LogP contribution is 2.37. The summed E-state index contributed by atoms with van der Waals surface area (Å²) >= 11 is 0. The van der Waals surface area contributed by atoms with Gasteiger partial charge in [0, 0.05) is 12.6 Å². The number of hydrogen-bond acceptors (Lipinski definition) is 2. The summed E-state index contributed by atoms with van der Waals surface area (Å²) in [5.41, 5.74) is 1.29. The zero-order valence-corrected chi connectivity index (χ0v) is 19.9. The van der Waals surface area contributed by atoms with E-state index in [1.165, 1.54) is 15.9 Å². The summed E-state index contributed by atoms with van der Waals surface area (Å²) in [7, 11) is -2.52. The first-order valence-electron chi connectivity index (χ1n) is 10.9. The van der Waals surface area contributed by atoms with Gasteiger partial charge in [-0.15, -0.1) is 0 Å². The van der Waals surface area contributed by atoms with Crippen LogP contribution >= 0.6 is 0 Å². The quantitative estimate of drug-likeness (QED) is 0.513. The highest BCUT2D eigenvalue weighted by atomic mass is 28.4. The summed E-state index contributed by atoms with van der Waals surface area (Å²) in [6.07, 6.45) is 0.0695. The van der Waals surface area contributed by atoms with Crippen LogP contribution < -0.4 is 15.7 Å². The number of rotatable bonds is 8. The summed E-state index contributed by atoms with van der Waals surface area (Å²) in [6, 6.07) is 32.5. The Bertz CT molecular complexity index is 851. The Hall–Kier alpha value is -2.20. The average Bonchev–Trinajstić information content (AvgIpc) is 2.76. The van der Waals surface area contributed by atoms with E-state index in [-0.39, 0.29) is 17.2 Å². The predicted molar refractivity (Wildman–Crippen MR) is 131 cm³/mol. The van der Waals surface area contributed by atoms with Crippen molar-refractivity contribution in [2.45, 2.75) is 58.3 Å². The summed E-state index contributed by atoms with van der Waals surface area (Å²) in [6.45, 7) is 12.3. The van der Waals surface area contributed by atoms with Gasteiger partial charge in [0.1, 0.15) is 0 Å². The lowest BCUT2D eigenvalue weighted by molar-refractivity contribution is 0.164. The van der Waals surface area contributed by atoms with Gasteiger partial charge in [0.25, 0.3) is 8.32 Å². The molecule has 3 aromatic carbocycles. The summed E-state index contributed by atoms with van der Waals surface area (Å²) < 4.78 is 7.20. The van der Waals surface area contributed by atoms with Crippen molar-refractivity contribution in [1.29, 1.82) is 0 Å². The standard InChI is InChI=1S/C27H35NOSi/c1-22(28-21-24-15-9-6-10-16-24)23(2)29-30(27(3,4)5,25-17-11-7-12-18-25)26-19-13-8-14-20-26/h6-20,22-23,28H,21H2,1-5H3. The molecule has 0 aliphatic heterocycles. The van der Waals surface area contributed by atoms with Gasteiger partial charge in [-0.05, 0) is 34.8 Å². The molecular weight excluding hydrogens is 382 g/mol. The molecule has 0 amide bonds. The fourth-order valence-corrected chi connectivity index (χ4v) is 8.89. The number of hydrogen-bond donors (Lipinski definition) is 1. The van der Waals surface area contributed by atoms with E-state index >= 15 is 0 Å². The summed E-state index contributed by atoms with van der Waals surface area (Å²) in [4.78, 5) is 0. The van der Waals surface area contributed by atoms with E-state index in [1.807, 2.05) is 0 Å². The van der Waals surface area contributed by atoms with Gasteiger partial charge in [-0.1, -0.05) is 112 Å². The first-order chi connectivity index (χ1) is 14.3. The summed E-state index contributed by atoms with van der Waals surface area (Å²) in [5, 5.41) is 6.31. The van der Waals surface area contributed by atoms with Gasteiger partial charge in [0.05, 0.1) is 6.10 Å². The minimum atomic E-state index is -2.52. The topological polar surface area (TPSA) is 21.3 Å². The van der Waals surface area contributed by atoms with Crippen LogP contribution in [0.4, 0.5) is 0 Å². The Kier molecular flexibility index (Phi) is 7.30. The Morgan fingerprint density at radius 2 is 1.17 bits per heavy atom. The molecule has 3 aromatic rings. The first-order valence-corrected chi connectivity index (χ1v) is 12.8. The normalized spacial score (nSPS) is 14.3. The molecule has 2 atom stereocenters. The molecule has 0 radical (unpaired) electrons. The lowest BCUT2D eigenvalue weighted by atomic mass is 10.2. The largest absolute Gasteiger partial charge is 0.403 e.